The van der Waals surface area contributed by atoms with Crippen molar-refractivity contribution in [3.8, 4) is 0 Å². The van der Waals surface area contributed by atoms with Crippen LogP contribution in [0.25, 0.3) is 0 Å². The zero-order valence-corrected chi connectivity index (χ0v) is 15.5. The number of benzene rings is 1. The van der Waals surface area contributed by atoms with E-state index < -0.39 is 70.5 Å². The molecular weight excluding hydrogens is 417 g/mol. The monoisotopic (exact) mass is 432 g/mol. The number of nitro benzene ring substituents is 1. The topological polar surface area (TPSA) is 148 Å². The predicted octanol–water partition coefficient (Wildman–Crippen LogP) is 1.43. The molecule has 0 unspecified atom stereocenters. The maximum atomic E-state index is 12.7. The molecule has 0 radical (unpaired) electrons. The Hall–Kier alpha value is -3.71. The van der Waals surface area contributed by atoms with Crippen LogP contribution in [0.15, 0.2) is 18.2 Å². The molecule has 0 aliphatic carbocycles. The lowest BCUT2D eigenvalue weighted by atomic mass is 10.1. The second-order valence-corrected chi connectivity index (χ2v) is 6.64. The third kappa shape index (κ3) is 5.01. The van der Waals surface area contributed by atoms with E-state index in [2.05, 4.69) is 10.1 Å². The van der Waals surface area contributed by atoms with Gasteiger partial charge in [0.25, 0.3) is 17.5 Å². The Morgan fingerprint density at radius 3 is 2.43 bits per heavy atom. The maximum Gasteiger partial charge on any atom is 0.416 e. The molecule has 1 heterocycles. The average Bonchev–Trinajstić information content (AvgIpc) is 2.80. The fraction of sp³-hybridized carbons (Fsp3) is 0.375. The highest BCUT2D eigenvalue weighted by molar-refractivity contribution is 6.08. The van der Waals surface area contributed by atoms with Gasteiger partial charge in [0.1, 0.15) is 17.8 Å². The van der Waals surface area contributed by atoms with Gasteiger partial charge in [-0.3, -0.25) is 29.4 Å². The largest absolute Gasteiger partial charge is 0.454 e. The van der Waals surface area contributed by atoms with Crippen LogP contribution in [-0.4, -0.2) is 52.3 Å². The van der Waals surface area contributed by atoms with E-state index in [0.29, 0.717) is 17.0 Å². The number of urea groups is 1. The number of carbonyl (C=O) groups is 4. The Balaban J connectivity index is 1.98. The van der Waals surface area contributed by atoms with Crippen LogP contribution in [-0.2, 0) is 25.3 Å². The smallest absolute Gasteiger partial charge is 0.416 e. The molecule has 1 aliphatic rings. The quantitative estimate of drug-likeness (QED) is 0.299. The number of nitro groups is 1. The van der Waals surface area contributed by atoms with Gasteiger partial charge in [0.2, 0.25) is 0 Å². The molecule has 0 bridgehead atoms. The molecule has 1 aromatic carbocycles. The molecule has 1 aromatic rings. The molecule has 0 saturated carbocycles. The van der Waals surface area contributed by atoms with Crippen LogP contribution in [0.5, 0.6) is 0 Å². The van der Waals surface area contributed by atoms with Gasteiger partial charge in [-0.25, -0.2) is 4.79 Å². The average molecular weight is 432 g/mol. The molecule has 11 nitrogen and oxygen atoms in total. The summed E-state index contributed by atoms with van der Waals surface area (Å²) in [5.41, 5.74) is -4.04. The lowest BCUT2D eigenvalue weighted by molar-refractivity contribution is -0.384. The van der Waals surface area contributed by atoms with Gasteiger partial charge in [-0.2, -0.15) is 13.2 Å². The van der Waals surface area contributed by atoms with Gasteiger partial charge in [0.15, 0.2) is 6.61 Å². The molecule has 4 amide bonds. The van der Waals surface area contributed by atoms with Crippen molar-refractivity contribution in [3.05, 3.63) is 33.9 Å². The summed E-state index contributed by atoms with van der Waals surface area (Å²) >= 11 is 0. The number of ether oxygens (including phenoxy) is 1. The molecule has 0 atom stereocenters. The van der Waals surface area contributed by atoms with Crippen LogP contribution in [0.3, 0.4) is 0 Å². The van der Waals surface area contributed by atoms with Gasteiger partial charge in [-0.15, -0.1) is 0 Å². The molecule has 1 saturated heterocycles. The Morgan fingerprint density at radius 2 is 1.93 bits per heavy atom. The van der Waals surface area contributed by atoms with Crippen LogP contribution in [0.2, 0.25) is 0 Å². The number of esters is 1. The molecule has 2 rings (SSSR count). The fourth-order valence-electron chi connectivity index (χ4n) is 2.43. The lowest BCUT2D eigenvalue weighted by Crippen LogP contribution is -2.41. The number of hydrogen-bond donors (Lipinski definition) is 2. The first-order valence-corrected chi connectivity index (χ1v) is 8.17. The number of nitrogens with one attached hydrogen (secondary N) is 2. The summed E-state index contributed by atoms with van der Waals surface area (Å²) < 4.78 is 42.7. The Morgan fingerprint density at radius 1 is 1.30 bits per heavy atom. The number of nitrogens with zero attached hydrogens (tertiary/aromatic N) is 2. The number of amides is 4. The molecule has 0 aromatic heterocycles. The molecule has 14 heteroatoms. The summed E-state index contributed by atoms with van der Waals surface area (Å²) in [6.07, 6.45) is -4.82. The first-order chi connectivity index (χ1) is 13.7. The highest BCUT2D eigenvalue weighted by Crippen LogP contribution is 2.34. The minimum atomic E-state index is -4.82. The van der Waals surface area contributed by atoms with Crippen LogP contribution >= 0.6 is 0 Å². The van der Waals surface area contributed by atoms with Crippen molar-refractivity contribution in [3.63, 3.8) is 0 Å². The van der Waals surface area contributed by atoms with Crippen molar-refractivity contribution >= 4 is 35.2 Å². The summed E-state index contributed by atoms with van der Waals surface area (Å²) in [4.78, 5) is 57.7. The van der Waals surface area contributed by atoms with E-state index in [9.17, 15) is 42.5 Å². The van der Waals surface area contributed by atoms with Gasteiger partial charge in [-0.1, -0.05) is 0 Å². The Labute approximate surface area is 166 Å². The van der Waals surface area contributed by atoms with E-state index >= 15 is 0 Å². The number of imide groups is 1. The second-order valence-electron chi connectivity index (χ2n) is 6.64. The summed E-state index contributed by atoms with van der Waals surface area (Å²) in [7, 11) is 0. The van der Waals surface area contributed by atoms with Gasteiger partial charge in [0, 0.05) is 6.07 Å². The minimum absolute atomic E-state index is 0.251. The zero-order chi connectivity index (χ0) is 22.9. The molecule has 2 N–H and O–H groups in total. The van der Waals surface area contributed by atoms with Gasteiger partial charge < -0.3 is 15.4 Å². The van der Waals surface area contributed by atoms with Crippen LogP contribution < -0.4 is 10.6 Å². The normalized spacial score (nSPS) is 15.6. The van der Waals surface area contributed by atoms with E-state index in [0.717, 1.165) is 0 Å². The van der Waals surface area contributed by atoms with Crippen molar-refractivity contribution in [2.75, 3.05) is 18.5 Å². The maximum absolute atomic E-state index is 12.7. The number of alkyl halides is 3. The Bertz CT molecular complexity index is 930. The van der Waals surface area contributed by atoms with Gasteiger partial charge >= 0.3 is 18.2 Å². The SMILES string of the molecule is CC1(C)NC(=O)N(CC(=O)OCC(=O)Nc2ccc(C(F)(F)F)cc2[N+](=O)[O-])C1=O. The van der Waals surface area contributed by atoms with E-state index in [4.69, 9.17) is 0 Å². The van der Waals surface area contributed by atoms with Crippen LogP contribution in [0, 0.1) is 10.1 Å². The summed E-state index contributed by atoms with van der Waals surface area (Å²) in [6.45, 7) is 1.11. The zero-order valence-electron chi connectivity index (χ0n) is 15.5. The number of halogens is 3. The van der Waals surface area contributed by atoms with Crippen molar-refractivity contribution in [2.45, 2.75) is 25.6 Å². The molecule has 1 fully saturated rings. The third-order valence-corrected chi connectivity index (χ3v) is 3.89. The van der Waals surface area contributed by atoms with Crippen molar-refractivity contribution in [1.29, 1.82) is 0 Å². The summed E-state index contributed by atoms with van der Waals surface area (Å²) in [6, 6.07) is 0.650. The lowest BCUT2D eigenvalue weighted by Gasteiger charge is -2.15. The van der Waals surface area contributed by atoms with E-state index in [1.807, 2.05) is 5.32 Å². The number of rotatable bonds is 6. The first kappa shape index (κ1) is 22.6. The third-order valence-electron chi connectivity index (χ3n) is 3.89. The number of hydrogen-bond acceptors (Lipinski definition) is 7. The Kier molecular flexibility index (Phi) is 5.99. The number of anilines is 1. The summed E-state index contributed by atoms with van der Waals surface area (Å²) in [5, 5.41) is 15.3. The molecular formula is C16H15F3N4O7. The highest BCUT2D eigenvalue weighted by Gasteiger charge is 2.45. The van der Waals surface area contributed by atoms with Crippen molar-refractivity contribution < 1.29 is 42.0 Å². The van der Waals surface area contributed by atoms with Crippen molar-refractivity contribution in [1.82, 2.24) is 10.2 Å². The van der Waals surface area contributed by atoms with Gasteiger partial charge in [0.05, 0.1) is 10.5 Å². The van der Waals surface area contributed by atoms with Crippen LogP contribution in [0.1, 0.15) is 19.4 Å². The molecule has 162 valence electrons. The summed E-state index contributed by atoms with van der Waals surface area (Å²) in [5.74, 6) is -2.88. The van der Waals surface area contributed by atoms with Gasteiger partial charge in [-0.05, 0) is 26.0 Å². The highest BCUT2D eigenvalue weighted by atomic mass is 19.4. The van der Waals surface area contributed by atoms with Crippen LogP contribution in [0.4, 0.5) is 29.3 Å². The second kappa shape index (κ2) is 7.96. The number of carbonyl (C=O) groups excluding carboxylic acids is 4. The molecule has 1 aliphatic heterocycles. The molecule has 30 heavy (non-hydrogen) atoms. The van der Waals surface area contributed by atoms with E-state index in [-0.39, 0.29) is 6.07 Å². The predicted molar refractivity (Wildman–Crippen MR) is 92.0 cm³/mol. The first-order valence-electron chi connectivity index (χ1n) is 8.17. The van der Waals surface area contributed by atoms with Crippen molar-refractivity contribution in [2.24, 2.45) is 0 Å². The van der Waals surface area contributed by atoms with E-state index in [1.54, 1.807) is 0 Å². The molecule has 0 spiro atoms. The van der Waals surface area contributed by atoms with E-state index in [1.165, 1.54) is 13.8 Å². The minimum Gasteiger partial charge on any atom is -0.454 e. The fourth-order valence-corrected chi connectivity index (χ4v) is 2.43. The standard InChI is InChI=1S/C16H15F3N4O7/c1-15(2)13(26)22(14(27)21-15)6-12(25)30-7-11(24)20-9-4-3-8(16(17,18)19)5-10(9)23(28)29/h3-5H,6-7H2,1-2H3,(H,20,24)(H,21,27).